The Morgan fingerprint density at radius 3 is 2.58 bits per heavy atom. The molecule has 1 aliphatic heterocycles. The number of pyridine rings is 1. The van der Waals surface area contributed by atoms with E-state index in [0.717, 1.165) is 31.2 Å². The van der Waals surface area contributed by atoms with Gasteiger partial charge in [0.2, 0.25) is 5.91 Å². The van der Waals surface area contributed by atoms with Gasteiger partial charge in [-0.15, -0.1) is 0 Å². The van der Waals surface area contributed by atoms with Crippen molar-refractivity contribution < 1.29 is 17.9 Å². The Bertz CT molecular complexity index is 1150. The highest BCUT2D eigenvalue weighted by Crippen LogP contribution is 2.41. The molecule has 0 radical (unpaired) electrons. The molecule has 8 heteroatoms. The molecule has 1 aromatic heterocycles. The van der Waals surface area contributed by atoms with Crippen LogP contribution >= 0.6 is 0 Å². The maximum absolute atomic E-state index is 13.8. The fourth-order valence-electron chi connectivity index (χ4n) is 4.90. The molecule has 0 bridgehead atoms. The lowest BCUT2D eigenvalue weighted by Gasteiger charge is -2.33. The van der Waals surface area contributed by atoms with Crippen LogP contribution in [0.2, 0.25) is 0 Å². The largest absolute Gasteiger partial charge is 0.376 e. The standard InChI is InChI=1S/C25H31N3O4S/c1-16(2)32-19-7-5-17(6-8-19)25(29)28-15-18-4-3-13-26-24(18)27-22-12-11-21(14-23(22)28)33(30,31)20-9-10-20/h3-4,11-14,16-17,19-20H,5-10,15H2,1-2H3,(H,26,27). The topological polar surface area (TPSA) is 88.6 Å². The summed E-state index contributed by atoms with van der Waals surface area (Å²) >= 11 is 0. The van der Waals surface area contributed by atoms with Crippen LogP contribution in [0.5, 0.6) is 0 Å². The molecule has 1 amide bonds. The molecule has 1 N–H and O–H groups in total. The lowest BCUT2D eigenvalue weighted by molar-refractivity contribution is -0.124. The summed E-state index contributed by atoms with van der Waals surface area (Å²) in [6.45, 7) is 4.44. The first-order valence-electron chi connectivity index (χ1n) is 11.9. The molecule has 2 aliphatic carbocycles. The molecule has 2 saturated carbocycles. The zero-order chi connectivity index (χ0) is 23.2. The Morgan fingerprint density at radius 2 is 1.88 bits per heavy atom. The van der Waals surface area contributed by atoms with Crippen molar-refractivity contribution >= 4 is 32.9 Å². The van der Waals surface area contributed by atoms with Crippen LogP contribution in [0.25, 0.3) is 0 Å². The van der Waals surface area contributed by atoms with Gasteiger partial charge in [-0.2, -0.15) is 0 Å². The van der Waals surface area contributed by atoms with Crippen molar-refractivity contribution in [2.45, 2.75) is 81.3 Å². The highest BCUT2D eigenvalue weighted by Gasteiger charge is 2.38. The van der Waals surface area contributed by atoms with Crippen molar-refractivity contribution in [1.82, 2.24) is 4.98 Å². The van der Waals surface area contributed by atoms with Crippen LogP contribution in [0.4, 0.5) is 17.2 Å². The van der Waals surface area contributed by atoms with Gasteiger partial charge in [0.15, 0.2) is 9.84 Å². The van der Waals surface area contributed by atoms with Crippen LogP contribution in [0.15, 0.2) is 41.4 Å². The van der Waals surface area contributed by atoms with E-state index in [9.17, 15) is 13.2 Å². The monoisotopic (exact) mass is 469 g/mol. The van der Waals surface area contributed by atoms with Gasteiger partial charge < -0.3 is 15.0 Å². The number of hydrogen-bond donors (Lipinski definition) is 1. The molecule has 3 aliphatic rings. The third-order valence-electron chi connectivity index (χ3n) is 6.78. The van der Waals surface area contributed by atoms with Crippen LogP contribution in [-0.4, -0.2) is 36.8 Å². The summed E-state index contributed by atoms with van der Waals surface area (Å²) in [4.78, 5) is 20.3. The third-order valence-corrected chi connectivity index (χ3v) is 9.04. The molecule has 2 heterocycles. The number of anilines is 3. The third kappa shape index (κ3) is 4.51. The Labute approximate surface area is 195 Å². The Kier molecular flexibility index (Phi) is 5.91. The molecule has 7 nitrogen and oxygen atoms in total. The van der Waals surface area contributed by atoms with Crippen LogP contribution in [0.1, 0.15) is 57.9 Å². The summed E-state index contributed by atoms with van der Waals surface area (Å²) in [7, 11) is -3.37. The number of fused-ring (bicyclic) bond motifs is 2. The van der Waals surface area contributed by atoms with Gasteiger partial charge in [0.1, 0.15) is 5.82 Å². The van der Waals surface area contributed by atoms with Gasteiger partial charge in [0.05, 0.1) is 40.3 Å². The number of ether oxygens (including phenoxy) is 1. The van der Waals surface area contributed by atoms with Crippen LogP contribution in [0.3, 0.4) is 0 Å². The fraction of sp³-hybridized carbons (Fsp3) is 0.520. The summed E-state index contributed by atoms with van der Waals surface area (Å²) in [6, 6.07) is 8.90. The minimum Gasteiger partial charge on any atom is -0.376 e. The first kappa shape index (κ1) is 22.3. The van der Waals surface area contributed by atoms with Gasteiger partial charge in [0, 0.05) is 17.7 Å². The first-order chi connectivity index (χ1) is 15.8. The number of amides is 1. The second-order valence-electron chi connectivity index (χ2n) is 9.64. The molecule has 33 heavy (non-hydrogen) atoms. The van der Waals surface area contributed by atoms with Gasteiger partial charge >= 0.3 is 0 Å². The molecule has 5 rings (SSSR count). The van der Waals surface area contributed by atoms with Crippen molar-refractivity contribution in [2.24, 2.45) is 5.92 Å². The molecular weight excluding hydrogens is 438 g/mol. The number of carbonyl (C=O) groups excluding carboxylic acids is 1. The second-order valence-corrected chi connectivity index (χ2v) is 11.9. The van der Waals surface area contributed by atoms with E-state index in [1.165, 1.54) is 0 Å². The molecule has 0 unspecified atom stereocenters. The number of sulfone groups is 1. The van der Waals surface area contributed by atoms with Crippen LogP contribution in [-0.2, 0) is 25.9 Å². The van der Waals surface area contributed by atoms with Gasteiger partial charge in [-0.05, 0) is 76.6 Å². The summed E-state index contributed by atoms with van der Waals surface area (Å²) < 4.78 is 31.8. The van der Waals surface area contributed by atoms with Crippen LogP contribution < -0.4 is 10.2 Å². The van der Waals surface area contributed by atoms with Gasteiger partial charge in [-0.1, -0.05) is 6.07 Å². The number of nitrogens with one attached hydrogen (secondary N) is 1. The normalized spacial score (nSPS) is 22.8. The van der Waals surface area contributed by atoms with Crippen molar-refractivity contribution in [2.75, 3.05) is 10.2 Å². The SMILES string of the molecule is CC(C)OC1CCC(C(=O)N2Cc3cccnc3Nc3ccc(S(=O)(=O)C4CC4)cc32)CC1. The molecule has 2 aromatic rings. The maximum atomic E-state index is 13.8. The number of nitrogens with zero attached hydrogens (tertiary/aromatic N) is 2. The van der Waals surface area contributed by atoms with E-state index >= 15 is 0 Å². The first-order valence-corrected chi connectivity index (χ1v) is 13.4. The highest BCUT2D eigenvalue weighted by molar-refractivity contribution is 7.92. The average molecular weight is 470 g/mol. The van der Waals surface area contributed by atoms with Gasteiger partial charge in [-0.25, -0.2) is 13.4 Å². The van der Waals surface area contributed by atoms with Gasteiger partial charge in [-0.3, -0.25) is 4.79 Å². The van der Waals surface area contributed by atoms with Crippen molar-refractivity contribution in [3.05, 3.63) is 42.1 Å². The predicted octanol–water partition coefficient (Wildman–Crippen LogP) is 4.59. The molecule has 2 fully saturated rings. The van der Waals surface area contributed by atoms with E-state index in [-0.39, 0.29) is 34.2 Å². The van der Waals surface area contributed by atoms with Crippen molar-refractivity contribution in [1.29, 1.82) is 0 Å². The molecule has 1 aromatic carbocycles. The minimum atomic E-state index is -3.37. The summed E-state index contributed by atoms with van der Waals surface area (Å²) in [6.07, 6.45) is 6.78. The summed E-state index contributed by atoms with van der Waals surface area (Å²) in [5.41, 5.74) is 2.22. The van der Waals surface area contributed by atoms with E-state index in [1.807, 2.05) is 26.0 Å². The quantitative estimate of drug-likeness (QED) is 0.689. The van der Waals surface area contributed by atoms with E-state index < -0.39 is 9.84 Å². The predicted molar refractivity (Wildman–Crippen MR) is 127 cm³/mol. The zero-order valence-electron chi connectivity index (χ0n) is 19.2. The number of carbonyl (C=O) groups is 1. The Morgan fingerprint density at radius 1 is 1.12 bits per heavy atom. The smallest absolute Gasteiger partial charge is 0.230 e. The van der Waals surface area contributed by atoms with E-state index in [4.69, 9.17) is 4.74 Å². The minimum absolute atomic E-state index is 0.0405. The van der Waals surface area contributed by atoms with Crippen molar-refractivity contribution in [3.63, 3.8) is 0 Å². The summed E-state index contributed by atoms with van der Waals surface area (Å²) in [5.74, 6) is 0.631. The molecule has 0 spiro atoms. The highest BCUT2D eigenvalue weighted by atomic mass is 32.2. The summed E-state index contributed by atoms with van der Waals surface area (Å²) in [5, 5.41) is 3.03. The lowest BCUT2D eigenvalue weighted by Crippen LogP contribution is -2.38. The van der Waals surface area contributed by atoms with Crippen LogP contribution in [0, 0.1) is 5.92 Å². The molecular formula is C25H31N3O4S. The Hall–Kier alpha value is -2.45. The fourth-order valence-corrected chi connectivity index (χ4v) is 6.57. The van der Waals surface area contributed by atoms with Gasteiger partial charge in [0.25, 0.3) is 0 Å². The van der Waals surface area contributed by atoms with E-state index in [1.54, 1.807) is 29.3 Å². The number of hydrogen-bond acceptors (Lipinski definition) is 6. The molecule has 0 atom stereocenters. The number of aromatic nitrogens is 1. The number of rotatable bonds is 5. The van der Waals surface area contributed by atoms with E-state index in [0.29, 0.717) is 36.6 Å². The molecule has 0 saturated heterocycles. The average Bonchev–Trinajstić information content (AvgIpc) is 3.65. The zero-order valence-corrected chi connectivity index (χ0v) is 20.0. The van der Waals surface area contributed by atoms with Crippen molar-refractivity contribution in [3.8, 4) is 0 Å². The number of benzene rings is 1. The Balaban J connectivity index is 1.47. The maximum Gasteiger partial charge on any atom is 0.230 e. The molecule has 176 valence electrons. The second kappa shape index (κ2) is 8.72. The van der Waals surface area contributed by atoms with E-state index in [2.05, 4.69) is 10.3 Å². The lowest BCUT2D eigenvalue weighted by atomic mass is 9.86.